The van der Waals surface area contributed by atoms with Crippen molar-refractivity contribution in [2.24, 2.45) is 0 Å². The minimum Gasteiger partial charge on any atom is -0.198 e. The summed E-state index contributed by atoms with van der Waals surface area (Å²) in [6.45, 7) is 2.09. The molecule has 0 saturated carbocycles. The van der Waals surface area contributed by atoms with Gasteiger partial charge in [0.15, 0.2) is 0 Å². The van der Waals surface area contributed by atoms with E-state index in [1.807, 2.05) is 42.1 Å². The fourth-order valence-corrected chi connectivity index (χ4v) is 2.84. The highest BCUT2D eigenvalue weighted by atomic mass is 32.2. The molecule has 1 atom stereocenters. The van der Waals surface area contributed by atoms with E-state index in [1.54, 1.807) is 0 Å². The Bertz CT molecular complexity index is 540. The summed E-state index contributed by atoms with van der Waals surface area (Å²) in [5, 5.41) is 9.25. The minimum absolute atomic E-state index is 0.000789. The summed E-state index contributed by atoms with van der Waals surface area (Å²) in [7, 11) is 0. The third kappa shape index (κ3) is 4.15. The van der Waals surface area contributed by atoms with Crippen LogP contribution in [0.5, 0.6) is 0 Å². The SMILES string of the molecule is Cc1ccc(SCCC(C#N)c2ccccc2)cc1. The van der Waals surface area contributed by atoms with Crippen LogP contribution in [-0.2, 0) is 0 Å². The van der Waals surface area contributed by atoms with Gasteiger partial charge in [0, 0.05) is 4.90 Å². The summed E-state index contributed by atoms with van der Waals surface area (Å²) in [4.78, 5) is 1.27. The molecule has 2 aromatic rings. The van der Waals surface area contributed by atoms with Gasteiger partial charge >= 0.3 is 0 Å². The largest absolute Gasteiger partial charge is 0.198 e. The highest BCUT2D eigenvalue weighted by Crippen LogP contribution is 2.25. The first kappa shape index (κ1) is 13.7. The Hall–Kier alpha value is -1.72. The number of hydrogen-bond donors (Lipinski definition) is 0. The molecule has 1 nitrogen and oxygen atoms in total. The number of thioether (sulfide) groups is 1. The molecule has 0 aliphatic carbocycles. The molecule has 0 aliphatic heterocycles. The van der Waals surface area contributed by atoms with Gasteiger partial charge in [-0.05, 0) is 36.8 Å². The Labute approximate surface area is 119 Å². The van der Waals surface area contributed by atoms with Crippen LogP contribution in [0, 0.1) is 18.3 Å². The average Bonchev–Trinajstić information content (AvgIpc) is 2.46. The maximum absolute atomic E-state index is 9.25. The third-order valence-corrected chi connectivity index (χ3v) is 4.10. The maximum Gasteiger partial charge on any atom is 0.0720 e. The molecule has 0 aromatic heterocycles. The normalized spacial score (nSPS) is 11.8. The van der Waals surface area contributed by atoms with Crippen LogP contribution >= 0.6 is 11.8 Å². The summed E-state index contributed by atoms with van der Waals surface area (Å²) in [6.07, 6.45) is 0.888. The molecular formula is C17H17NS. The van der Waals surface area contributed by atoms with Crippen LogP contribution in [0.2, 0.25) is 0 Å². The van der Waals surface area contributed by atoms with E-state index >= 15 is 0 Å². The Balaban J connectivity index is 1.88. The second kappa shape index (κ2) is 7.01. The molecule has 0 N–H and O–H groups in total. The molecule has 96 valence electrons. The smallest absolute Gasteiger partial charge is 0.0720 e. The summed E-state index contributed by atoms with van der Waals surface area (Å²) < 4.78 is 0. The van der Waals surface area contributed by atoms with Crippen molar-refractivity contribution >= 4 is 11.8 Å². The van der Waals surface area contributed by atoms with Gasteiger partial charge in [0.05, 0.1) is 12.0 Å². The zero-order valence-corrected chi connectivity index (χ0v) is 11.9. The molecule has 0 amide bonds. The first-order chi connectivity index (χ1) is 9.29. The quantitative estimate of drug-likeness (QED) is 0.728. The topological polar surface area (TPSA) is 23.8 Å². The number of rotatable bonds is 5. The zero-order chi connectivity index (χ0) is 13.5. The fourth-order valence-electron chi connectivity index (χ4n) is 1.92. The Morgan fingerprint density at radius 3 is 2.37 bits per heavy atom. The fraction of sp³-hybridized carbons (Fsp3) is 0.235. The van der Waals surface area contributed by atoms with Gasteiger partial charge in [-0.2, -0.15) is 5.26 Å². The second-order valence-electron chi connectivity index (χ2n) is 4.54. The summed E-state index contributed by atoms with van der Waals surface area (Å²) in [5.41, 5.74) is 2.40. The third-order valence-electron chi connectivity index (χ3n) is 3.05. The molecule has 0 heterocycles. The van der Waals surface area contributed by atoms with E-state index in [-0.39, 0.29) is 5.92 Å². The van der Waals surface area contributed by atoms with Crippen LogP contribution in [0.4, 0.5) is 0 Å². The highest BCUT2D eigenvalue weighted by Gasteiger charge is 2.09. The molecule has 19 heavy (non-hydrogen) atoms. The lowest BCUT2D eigenvalue weighted by atomic mass is 9.98. The lowest BCUT2D eigenvalue weighted by molar-refractivity contribution is 0.827. The summed E-state index contributed by atoms with van der Waals surface area (Å²) in [6, 6.07) is 21.0. The van der Waals surface area contributed by atoms with Crippen LogP contribution < -0.4 is 0 Å². The van der Waals surface area contributed by atoms with Crippen molar-refractivity contribution in [2.45, 2.75) is 24.2 Å². The number of aryl methyl sites for hydroxylation is 1. The maximum atomic E-state index is 9.25. The Morgan fingerprint density at radius 2 is 1.74 bits per heavy atom. The molecule has 1 unspecified atom stereocenters. The van der Waals surface area contributed by atoms with Gasteiger partial charge in [0.2, 0.25) is 0 Å². The zero-order valence-electron chi connectivity index (χ0n) is 11.0. The standard InChI is InChI=1S/C17H17NS/c1-14-7-9-17(10-8-14)19-12-11-16(13-18)15-5-3-2-4-6-15/h2-10,16H,11-12H2,1H3. The molecule has 0 spiro atoms. The van der Waals surface area contributed by atoms with E-state index < -0.39 is 0 Å². The van der Waals surface area contributed by atoms with Crippen molar-refractivity contribution in [1.29, 1.82) is 5.26 Å². The van der Waals surface area contributed by atoms with Gasteiger partial charge in [-0.25, -0.2) is 0 Å². The van der Waals surface area contributed by atoms with E-state index in [9.17, 15) is 5.26 Å². The first-order valence-electron chi connectivity index (χ1n) is 6.43. The lowest BCUT2D eigenvalue weighted by Crippen LogP contribution is -1.97. The van der Waals surface area contributed by atoms with Crippen molar-refractivity contribution < 1.29 is 0 Å². The number of benzene rings is 2. The summed E-state index contributed by atoms with van der Waals surface area (Å²) >= 11 is 1.82. The lowest BCUT2D eigenvalue weighted by Gasteiger charge is -2.09. The van der Waals surface area contributed by atoms with Gasteiger partial charge in [0.25, 0.3) is 0 Å². The van der Waals surface area contributed by atoms with Gasteiger partial charge in [-0.3, -0.25) is 0 Å². The molecule has 0 radical (unpaired) electrons. The van der Waals surface area contributed by atoms with Crippen molar-refractivity contribution in [1.82, 2.24) is 0 Å². The van der Waals surface area contributed by atoms with Crippen molar-refractivity contribution in [2.75, 3.05) is 5.75 Å². The molecular weight excluding hydrogens is 250 g/mol. The van der Waals surface area contributed by atoms with Crippen LogP contribution in [0.25, 0.3) is 0 Å². The monoisotopic (exact) mass is 267 g/mol. The van der Waals surface area contributed by atoms with E-state index in [1.165, 1.54) is 10.5 Å². The predicted octanol–water partition coefficient (Wildman–Crippen LogP) is 4.78. The van der Waals surface area contributed by atoms with Crippen LogP contribution in [0.3, 0.4) is 0 Å². The predicted molar refractivity (Wildman–Crippen MR) is 81.3 cm³/mol. The molecule has 0 fully saturated rings. The molecule has 0 saturated heterocycles. The van der Waals surface area contributed by atoms with Crippen molar-refractivity contribution in [3.8, 4) is 6.07 Å². The van der Waals surface area contributed by atoms with Crippen LogP contribution in [-0.4, -0.2) is 5.75 Å². The summed E-state index contributed by atoms with van der Waals surface area (Å²) in [5.74, 6) is 0.968. The van der Waals surface area contributed by atoms with Crippen LogP contribution in [0.1, 0.15) is 23.5 Å². The van der Waals surface area contributed by atoms with E-state index in [2.05, 4.69) is 37.3 Å². The molecule has 2 heteroatoms. The van der Waals surface area contributed by atoms with Crippen molar-refractivity contribution in [3.63, 3.8) is 0 Å². The second-order valence-corrected chi connectivity index (χ2v) is 5.71. The minimum atomic E-state index is -0.000789. The van der Waals surface area contributed by atoms with E-state index in [0.29, 0.717) is 0 Å². The van der Waals surface area contributed by atoms with Gasteiger partial charge < -0.3 is 0 Å². The molecule has 0 bridgehead atoms. The van der Waals surface area contributed by atoms with E-state index in [4.69, 9.17) is 0 Å². The first-order valence-corrected chi connectivity index (χ1v) is 7.42. The number of hydrogen-bond acceptors (Lipinski definition) is 2. The van der Waals surface area contributed by atoms with Crippen molar-refractivity contribution in [3.05, 3.63) is 65.7 Å². The molecule has 2 rings (SSSR count). The average molecular weight is 267 g/mol. The Kier molecular flexibility index (Phi) is 5.06. The Morgan fingerprint density at radius 1 is 1.05 bits per heavy atom. The van der Waals surface area contributed by atoms with E-state index in [0.717, 1.165) is 17.7 Å². The number of nitrogens with zero attached hydrogens (tertiary/aromatic N) is 1. The highest BCUT2D eigenvalue weighted by molar-refractivity contribution is 7.99. The van der Waals surface area contributed by atoms with Gasteiger partial charge in [-0.15, -0.1) is 11.8 Å². The molecule has 2 aromatic carbocycles. The number of nitriles is 1. The van der Waals surface area contributed by atoms with Gasteiger partial charge in [0.1, 0.15) is 0 Å². The van der Waals surface area contributed by atoms with Gasteiger partial charge in [-0.1, -0.05) is 48.0 Å². The van der Waals surface area contributed by atoms with Crippen LogP contribution in [0.15, 0.2) is 59.5 Å². The molecule has 0 aliphatic rings.